The van der Waals surface area contributed by atoms with Gasteiger partial charge in [0.2, 0.25) is 0 Å². The molecular weight excluding hydrogens is 870 g/mol. The summed E-state index contributed by atoms with van der Waals surface area (Å²) < 4.78 is 21.1. The zero-order valence-corrected chi connectivity index (χ0v) is 39.3. The quantitative estimate of drug-likeness (QED) is 0.0803. The summed E-state index contributed by atoms with van der Waals surface area (Å²) in [6.07, 6.45) is 2.85. The molecule has 322 valence electrons. The Labute approximate surface area is 361 Å². The van der Waals surface area contributed by atoms with Crippen molar-refractivity contribution in [2.24, 2.45) is 0 Å². The number of unbranched alkanes of at least 4 members (excludes halogenated alkanes) is 2. The van der Waals surface area contributed by atoms with Crippen LogP contribution in [0.5, 0.6) is 0 Å². The summed E-state index contributed by atoms with van der Waals surface area (Å²) in [6.45, 7) is 23.6. The molecule has 14 heteroatoms. The third kappa shape index (κ3) is 16.3. The average molecular weight is 936 g/mol. The number of halogens is 2. The van der Waals surface area contributed by atoms with Crippen LogP contribution in [0.3, 0.4) is 0 Å². The molecule has 1 saturated heterocycles. The molecule has 0 radical (unpaired) electrons. The monoisotopic (exact) mass is 933 g/mol. The number of hydrogen-bond donors (Lipinski definition) is 0. The van der Waals surface area contributed by atoms with Crippen molar-refractivity contribution in [2.75, 3.05) is 78.5 Å². The summed E-state index contributed by atoms with van der Waals surface area (Å²) in [4.78, 5) is 61.3. The first-order valence-electron chi connectivity index (χ1n) is 20.5. The molecule has 0 amide bonds. The van der Waals surface area contributed by atoms with Gasteiger partial charge in [-0.25, -0.2) is 0 Å². The van der Waals surface area contributed by atoms with Gasteiger partial charge in [-0.2, -0.15) is 0 Å². The predicted octanol–water partition coefficient (Wildman–Crippen LogP) is 7.10. The maximum absolute atomic E-state index is 13.5. The molecule has 0 spiro atoms. The van der Waals surface area contributed by atoms with E-state index in [0.29, 0.717) is 63.1 Å². The number of pyridine rings is 1. The van der Waals surface area contributed by atoms with Gasteiger partial charge in [0.05, 0.1) is 30.7 Å². The molecule has 1 aliphatic heterocycles. The van der Waals surface area contributed by atoms with Gasteiger partial charge in [0.15, 0.2) is 5.43 Å². The number of carbonyl (C=O) groups is 3. The van der Waals surface area contributed by atoms with E-state index < -0.39 is 16.8 Å². The van der Waals surface area contributed by atoms with Crippen molar-refractivity contribution >= 4 is 71.6 Å². The summed E-state index contributed by atoms with van der Waals surface area (Å²) in [5.41, 5.74) is 0.0569. The van der Waals surface area contributed by atoms with Crippen molar-refractivity contribution in [1.82, 2.24) is 24.2 Å². The van der Waals surface area contributed by atoms with Crippen molar-refractivity contribution in [1.29, 1.82) is 0 Å². The smallest absolute Gasteiger partial charge is 0.320 e. The number of benzene rings is 2. The summed E-state index contributed by atoms with van der Waals surface area (Å²) in [7, 11) is 0. The van der Waals surface area contributed by atoms with Crippen molar-refractivity contribution < 1.29 is 28.6 Å². The highest BCUT2D eigenvalue weighted by atomic mass is 79.9. The fourth-order valence-electron chi connectivity index (χ4n) is 7.09. The van der Waals surface area contributed by atoms with Crippen LogP contribution < -0.4 is 5.43 Å². The maximum atomic E-state index is 13.5. The Hall–Kier alpha value is -2.88. The number of ether oxygens (including phenoxy) is 3. The lowest BCUT2D eigenvalue weighted by atomic mass is 10.1. The van der Waals surface area contributed by atoms with Crippen molar-refractivity contribution in [3.05, 3.63) is 55.6 Å². The Morgan fingerprint density at radius 2 is 0.845 bits per heavy atom. The lowest BCUT2D eigenvalue weighted by Crippen LogP contribution is -2.49. The van der Waals surface area contributed by atoms with Gasteiger partial charge in [-0.3, -0.25) is 33.9 Å². The van der Waals surface area contributed by atoms with E-state index in [4.69, 9.17) is 14.2 Å². The largest absolute Gasteiger partial charge is 0.459 e. The molecule has 1 aromatic heterocycles. The van der Waals surface area contributed by atoms with E-state index in [1.807, 2.05) is 104 Å². The number of fused-ring (bicyclic) bond motifs is 2. The van der Waals surface area contributed by atoms with Crippen LogP contribution in [-0.2, 0) is 35.1 Å². The van der Waals surface area contributed by atoms with Gasteiger partial charge in [-0.05, 0) is 118 Å². The van der Waals surface area contributed by atoms with Crippen molar-refractivity contribution in [2.45, 2.75) is 105 Å². The Morgan fingerprint density at radius 1 is 0.517 bits per heavy atom. The summed E-state index contributed by atoms with van der Waals surface area (Å²) in [5.74, 6) is -0.877. The number of esters is 3. The molecule has 1 aliphatic rings. The summed E-state index contributed by atoms with van der Waals surface area (Å²) in [6, 6.07) is 11.8. The van der Waals surface area contributed by atoms with Crippen molar-refractivity contribution in [3.8, 4) is 0 Å². The molecule has 0 aliphatic carbocycles. The lowest BCUT2D eigenvalue weighted by Gasteiger charge is -2.34. The highest BCUT2D eigenvalue weighted by Crippen LogP contribution is 2.25. The maximum Gasteiger partial charge on any atom is 0.320 e. The van der Waals surface area contributed by atoms with Gasteiger partial charge in [0.25, 0.3) is 0 Å². The average Bonchev–Trinajstić information content (AvgIpc) is 3.07. The molecule has 12 nitrogen and oxygen atoms in total. The second-order valence-electron chi connectivity index (χ2n) is 18.3. The van der Waals surface area contributed by atoms with E-state index in [-0.39, 0.29) is 43.0 Å². The lowest BCUT2D eigenvalue weighted by molar-refractivity contribution is -0.158. The first-order valence-corrected chi connectivity index (χ1v) is 22.1. The van der Waals surface area contributed by atoms with Crippen LogP contribution in [-0.4, -0.2) is 137 Å². The van der Waals surface area contributed by atoms with Gasteiger partial charge >= 0.3 is 17.9 Å². The first kappa shape index (κ1) is 47.8. The molecule has 0 N–H and O–H groups in total. The molecule has 0 atom stereocenters. The number of aromatic nitrogens is 1. The standard InChI is InChI=1S/C44H65Br2N5O7/c1-42(2,3)56-38(52)29-48-21-19-47(17-11-10-12-18-51-36-15-13-32(45)27-34(36)41(55)35-28-33(46)14-16-37(35)51)20-22-49(30-39(53)57-43(4,5)6)24-26-50(25-23-48)31-40(54)58-44(7,8)9/h13-16,27-28H,10-12,17-26,29-31H2,1-9H3. The molecule has 4 rings (SSSR count). The minimum Gasteiger partial charge on any atom is -0.459 e. The fourth-order valence-corrected chi connectivity index (χ4v) is 7.82. The Bertz CT molecular complexity index is 1820. The number of rotatable bonds is 12. The van der Waals surface area contributed by atoms with Gasteiger partial charge < -0.3 is 23.7 Å². The minimum atomic E-state index is -0.612. The minimum absolute atomic E-state index is 0.0244. The second-order valence-corrected chi connectivity index (χ2v) is 20.1. The van der Waals surface area contributed by atoms with Gasteiger partial charge in [0, 0.05) is 78.6 Å². The topological polar surface area (TPSA) is 114 Å². The van der Waals surface area contributed by atoms with E-state index in [0.717, 1.165) is 52.3 Å². The Balaban J connectivity index is 1.50. The number of nitrogens with zero attached hydrogens (tertiary/aromatic N) is 5. The molecule has 3 aromatic rings. The van der Waals surface area contributed by atoms with E-state index in [1.54, 1.807) is 0 Å². The Kier molecular flexibility index (Phi) is 17.4. The van der Waals surface area contributed by atoms with Crippen LogP contribution in [0.4, 0.5) is 0 Å². The van der Waals surface area contributed by atoms with Crippen LogP contribution in [0.2, 0.25) is 0 Å². The van der Waals surface area contributed by atoms with Gasteiger partial charge in [-0.15, -0.1) is 0 Å². The number of aryl methyl sites for hydroxylation is 1. The third-order valence-electron chi connectivity index (χ3n) is 9.59. The predicted molar refractivity (Wildman–Crippen MR) is 238 cm³/mol. The highest BCUT2D eigenvalue weighted by molar-refractivity contribution is 9.10. The van der Waals surface area contributed by atoms with E-state index in [2.05, 4.69) is 51.1 Å². The molecule has 0 bridgehead atoms. The molecule has 1 fully saturated rings. The molecule has 2 heterocycles. The zero-order valence-electron chi connectivity index (χ0n) is 36.1. The zero-order chi connectivity index (χ0) is 42.8. The van der Waals surface area contributed by atoms with Crippen LogP contribution >= 0.6 is 31.9 Å². The molecular formula is C44H65Br2N5O7. The van der Waals surface area contributed by atoms with Crippen molar-refractivity contribution in [3.63, 3.8) is 0 Å². The highest BCUT2D eigenvalue weighted by Gasteiger charge is 2.25. The van der Waals surface area contributed by atoms with Gasteiger partial charge in [0.1, 0.15) is 16.8 Å². The van der Waals surface area contributed by atoms with E-state index >= 15 is 0 Å². The first-order chi connectivity index (χ1) is 27.0. The summed E-state index contributed by atoms with van der Waals surface area (Å²) in [5, 5.41) is 1.39. The van der Waals surface area contributed by atoms with Crippen LogP contribution in [0.15, 0.2) is 50.1 Å². The van der Waals surface area contributed by atoms with E-state index in [9.17, 15) is 19.2 Å². The third-order valence-corrected chi connectivity index (χ3v) is 10.6. The Morgan fingerprint density at radius 3 is 1.19 bits per heavy atom. The van der Waals surface area contributed by atoms with Gasteiger partial charge in [-0.1, -0.05) is 38.3 Å². The molecule has 2 aromatic carbocycles. The SMILES string of the molecule is CC(C)(C)OC(=O)CN1CCN(CCCCCn2c3ccc(Br)cc3c(=O)c3cc(Br)ccc32)CCN(CC(=O)OC(C)(C)C)CCN(CC(=O)OC(C)(C)C)CC1. The summed E-state index contributed by atoms with van der Waals surface area (Å²) >= 11 is 7.10. The molecule has 0 unspecified atom stereocenters. The second kappa shape index (κ2) is 21.1. The number of hydrogen-bond acceptors (Lipinski definition) is 11. The molecule has 0 saturated carbocycles. The van der Waals surface area contributed by atoms with E-state index in [1.165, 1.54) is 0 Å². The number of carbonyl (C=O) groups excluding carboxylic acids is 3. The molecule has 58 heavy (non-hydrogen) atoms. The van der Waals surface area contributed by atoms with Crippen LogP contribution in [0.25, 0.3) is 21.8 Å². The normalized spacial score (nSPS) is 16.5. The fraction of sp³-hybridized carbons (Fsp3) is 0.636. The van der Waals surface area contributed by atoms with Crippen LogP contribution in [0, 0.1) is 0 Å². The van der Waals surface area contributed by atoms with Crippen LogP contribution in [0.1, 0.15) is 81.6 Å².